The van der Waals surface area contributed by atoms with Gasteiger partial charge in [-0.2, -0.15) is 10.1 Å². The normalized spacial score (nSPS) is 23.8. The molecular weight excluding hydrogens is 360 g/mol. The van der Waals surface area contributed by atoms with E-state index in [-0.39, 0.29) is 23.7 Å². The second-order valence-electron chi connectivity index (χ2n) is 6.94. The summed E-state index contributed by atoms with van der Waals surface area (Å²) in [5.74, 6) is 0.607. The monoisotopic (exact) mass is 376 g/mol. The van der Waals surface area contributed by atoms with Crippen molar-refractivity contribution in [2.45, 2.75) is 18.4 Å². The molecule has 0 saturated carbocycles. The lowest BCUT2D eigenvalue weighted by molar-refractivity contribution is -0.123. The first-order valence-corrected chi connectivity index (χ1v) is 9.30. The molecule has 134 valence electrons. The molecule has 2 aromatic carbocycles. The molecule has 5 rings (SSSR count). The fraction of sp³-hybridized carbons (Fsp3) is 0.190. The largest absolute Gasteiger partial charge is 0.328 e. The third-order valence-electron chi connectivity index (χ3n) is 5.33. The third kappa shape index (κ3) is 2.75. The molecule has 3 aromatic rings. The number of aromatic nitrogens is 3. The molecule has 1 N–H and O–H groups in total. The predicted octanol–water partition coefficient (Wildman–Crippen LogP) is 4.20. The Bertz CT molecular complexity index is 1030. The molecule has 1 aromatic heterocycles. The number of rotatable bonds is 2. The molecule has 3 atom stereocenters. The van der Waals surface area contributed by atoms with Gasteiger partial charge in [-0.3, -0.25) is 4.79 Å². The van der Waals surface area contributed by atoms with Gasteiger partial charge in [0.25, 0.3) is 0 Å². The minimum absolute atomic E-state index is 0.0272. The molecule has 1 aliphatic carbocycles. The molecule has 5 nitrogen and oxygen atoms in total. The maximum Gasteiger partial charge on any atom is 0.226 e. The number of Topliss-reactive ketones (excluding diaryl/α,β-unsaturated/α-hetero) is 1. The molecule has 0 saturated heterocycles. The summed E-state index contributed by atoms with van der Waals surface area (Å²) in [4.78, 5) is 17.6. The van der Waals surface area contributed by atoms with E-state index in [4.69, 9.17) is 11.6 Å². The number of nitrogens with zero attached hydrogens (tertiary/aromatic N) is 3. The Morgan fingerprint density at radius 1 is 1.04 bits per heavy atom. The number of halogens is 1. The van der Waals surface area contributed by atoms with Crippen molar-refractivity contribution in [1.29, 1.82) is 0 Å². The molecule has 2 heterocycles. The van der Waals surface area contributed by atoms with Crippen molar-refractivity contribution < 1.29 is 4.79 Å². The number of carbonyl (C=O) groups excluding carboxylic acids is 1. The topological polar surface area (TPSA) is 59.8 Å². The van der Waals surface area contributed by atoms with Crippen molar-refractivity contribution in [1.82, 2.24) is 14.8 Å². The van der Waals surface area contributed by atoms with Crippen LogP contribution in [-0.4, -0.2) is 20.5 Å². The highest BCUT2D eigenvalue weighted by Crippen LogP contribution is 2.43. The van der Waals surface area contributed by atoms with Crippen LogP contribution in [0.1, 0.15) is 29.5 Å². The van der Waals surface area contributed by atoms with Crippen LogP contribution in [0.4, 0.5) is 5.95 Å². The number of allylic oxidation sites excluding steroid dienone is 2. The minimum Gasteiger partial charge on any atom is -0.328 e. The number of ketones is 1. The fourth-order valence-corrected chi connectivity index (χ4v) is 4.21. The van der Waals surface area contributed by atoms with Gasteiger partial charge in [0.1, 0.15) is 12.1 Å². The van der Waals surface area contributed by atoms with Crippen LogP contribution in [0.2, 0.25) is 5.02 Å². The third-order valence-corrected chi connectivity index (χ3v) is 5.58. The quantitative estimate of drug-likeness (QED) is 0.728. The second kappa shape index (κ2) is 6.35. The zero-order valence-corrected chi connectivity index (χ0v) is 15.2. The van der Waals surface area contributed by atoms with Crippen molar-refractivity contribution in [2.75, 3.05) is 5.32 Å². The van der Waals surface area contributed by atoms with E-state index in [1.54, 1.807) is 0 Å². The first-order valence-electron chi connectivity index (χ1n) is 8.92. The molecule has 27 heavy (non-hydrogen) atoms. The molecule has 0 bridgehead atoms. The number of hydrogen-bond donors (Lipinski definition) is 1. The zero-order chi connectivity index (χ0) is 18.4. The van der Waals surface area contributed by atoms with E-state index < -0.39 is 0 Å². The maximum absolute atomic E-state index is 13.2. The number of fused-ring (bicyclic) bond motifs is 2. The summed E-state index contributed by atoms with van der Waals surface area (Å²) in [6, 6.07) is 17.5. The number of benzene rings is 2. The van der Waals surface area contributed by atoms with Crippen molar-refractivity contribution in [2.24, 2.45) is 5.92 Å². The zero-order valence-electron chi connectivity index (χ0n) is 14.4. The summed E-state index contributed by atoms with van der Waals surface area (Å²) < 4.78 is 1.82. The van der Waals surface area contributed by atoms with Gasteiger partial charge in [0.15, 0.2) is 0 Å². The van der Waals surface area contributed by atoms with Crippen LogP contribution in [-0.2, 0) is 4.79 Å². The average Bonchev–Trinajstić information content (AvgIpc) is 3.15. The highest BCUT2D eigenvalue weighted by atomic mass is 35.5. The molecule has 0 fully saturated rings. The van der Waals surface area contributed by atoms with Crippen LogP contribution in [0, 0.1) is 5.92 Å². The number of nitrogens with one attached hydrogen (secondary N) is 1. The van der Waals surface area contributed by atoms with E-state index in [0.29, 0.717) is 17.4 Å². The number of carbonyl (C=O) groups is 1. The van der Waals surface area contributed by atoms with Gasteiger partial charge < -0.3 is 5.32 Å². The lowest BCUT2D eigenvalue weighted by Crippen LogP contribution is -2.40. The van der Waals surface area contributed by atoms with E-state index in [9.17, 15) is 4.79 Å². The molecule has 0 amide bonds. The van der Waals surface area contributed by atoms with Gasteiger partial charge in [-0.05, 0) is 23.3 Å². The van der Waals surface area contributed by atoms with Gasteiger partial charge in [-0.25, -0.2) is 4.68 Å². The smallest absolute Gasteiger partial charge is 0.226 e. The van der Waals surface area contributed by atoms with E-state index in [0.717, 1.165) is 16.8 Å². The first-order chi connectivity index (χ1) is 13.2. The van der Waals surface area contributed by atoms with E-state index in [1.807, 2.05) is 59.3 Å². The summed E-state index contributed by atoms with van der Waals surface area (Å²) in [7, 11) is 0. The lowest BCUT2D eigenvalue weighted by Gasteiger charge is -2.38. The highest BCUT2D eigenvalue weighted by Gasteiger charge is 2.43. The van der Waals surface area contributed by atoms with E-state index in [2.05, 4.69) is 21.5 Å². The van der Waals surface area contributed by atoms with Crippen LogP contribution in [0.25, 0.3) is 0 Å². The van der Waals surface area contributed by atoms with Crippen molar-refractivity contribution in [3.05, 3.63) is 88.8 Å². The fourth-order valence-electron chi connectivity index (χ4n) is 4.08. The molecule has 0 spiro atoms. The highest BCUT2D eigenvalue weighted by molar-refractivity contribution is 6.30. The minimum atomic E-state index is -0.287. The predicted molar refractivity (Wildman–Crippen MR) is 104 cm³/mol. The maximum atomic E-state index is 13.2. The summed E-state index contributed by atoms with van der Waals surface area (Å²) in [5, 5.41) is 8.39. The SMILES string of the molecule is O=C1C[C@@H](c2ccc(Cl)cc2)C=C2Nc3ncnn3[C@@H](c3ccccc3)[C@H]12. The first kappa shape index (κ1) is 16.3. The Hall–Kier alpha value is -2.92. The second-order valence-corrected chi connectivity index (χ2v) is 7.37. The van der Waals surface area contributed by atoms with Crippen LogP contribution >= 0.6 is 11.6 Å². The van der Waals surface area contributed by atoms with Crippen molar-refractivity contribution in [3.63, 3.8) is 0 Å². The summed E-state index contributed by atoms with van der Waals surface area (Å²) in [5.41, 5.74) is 3.05. The van der Waals surface area contributed by atoms with Gasteiger partial charge in [-0.1, -0.05) is 60.1 Å². The number of anilines is 1. The van der Waals surface area contributed by atoms with Gasteiger partial charge >= 0.3 is 0 Å². The van der Waals surface area contributed by atoms with Gasteiger partial charge in [0.05, 0.1) is 12.0 Å². The van der Waals surface area contributed by atoms with Gasteiger partial charge in [0, 0.05) is 23.1 Å². The van der Waals surface area contributed by atoms with Crippen molar-refractivity contribution in [3.8, 4) is 0 Å². The van der Waals surface area contributed by atoms with Crippen molar-refractivity contribution >= 4 is 23.3 Å². The standard InChI is InChI=1S/C21H17ClN4O/c22-16-8-6-13(7-9-16)15-10-17-19(18(27)11-15)20(14-4-2-1-3-5-14)26-21(25-17)23-12-24-26/h1-10,12,15,19-20H,11H2,(H,23,24,25)/t15-,19-,20-/m0/s1. The van der Waals surface area contributed by atoms with E-state index in [1.165, 1.54) is 6.33 Å². The number of hydrogen-bond acceptors (Lipinski definition) is 4. The Balaban J connectivity index is 1.60. The molecule has 2 aliphatic rings. The van der Waals surface area contributed by atoms with Crippen LogP contribution in [0.15, 0.2) is 72.7 Å². The van der Waals surface area contributed by atoms with E-state index >= 15 is 0 Å². The molecule has 6 heteroatoms. The Morgan fingerprint density at radius 3 is 2.59 bits per heavy atom. The van der Waals surface area contributed by atoms with Crippen LogP contribution in [0.3, 0.4) is 0 Å². The molecule has 0 unspecified atom stereocenters. The summed E-state index contributed by atoms with van der Waals surface area (Å²) in [6.07, 6.45) is 4.14. The molecular formula is C21H17ClN4O. The summed E-state index contributed by atoms with van der Waals surface area (Å²) in [6.45, 7) is 0. The van der Waals surface area contributed by atoms with Gasteiger partial charge in [-0.15, -0.1) is 0 Å². The molecule has 0 radical (unpaired) electrons. The average molecular weight is 377 g/mol. The Kier molecular flexibility index (Phi) is 3.83. The van der Waals surface area contributed by atoms with Crippen LogP contribution < -0.4 is 5.32 Å². The van der Waals surface area contributed by atoms with Gasteiger partial charge in [0.2, 0.25) is 5.95 Å². The van der Waals surface area contributed by atoms with Crippen LogP contribution in [0.5, 0.6) is 0 Å². The lowest BCUT2D eigenvalue weighted by atomic mass is 9.76. The Morgan fingerprint density at radius 2 is 1.81 bits per heavy atom. The molecule has 1 aliphatic heterocycles. The Labute approximate surface area is 161 Å². The summed E-state index contributed by atoms with van der Waals surface area (Å²) >= 11 is 6.01.